The molecule has 8 nitrogen and oxygen atoms in total. The highest BCUT2D eigenvalue weighted by Crippen LogP contribution is 2.32. The molecule has 4 aromatic rings. The SMILES string of the molecule is Cc1ccc2c(c1)N(C(=O)Cn1cnc(-c3noc(-c4cccs4)n3)c1)CCO2. The lowest BCUT2D eigenvalue weighted by Crippen LogP contribution is -2.39. The lowest BCUT2D eigenvalue weighted by Gasteiger charge is -2.30. The van der Waals surface area contributed by atoms with Gasteiger partial charge in [-0.25, -0.2) is 4.98 Å². The van der Waals surface area contributed by atoms with E-state index in [1.165, 1.54) is 11.3 Å². The fraction of sp³-hybridized carbons (Fsp3) is 0.200. The highest BCUT2D eigenvalue weighted by atomic mass is 32.1. The van der Waals surface area contributed by atoms with Crippen LogP contribution < -0.4 is 9.64 Å². The Balaban J connectivity index is 1.33. The van der Waals surface area contributed by atoms with Crippen LogP contribution in [0.3, 0.4) is 0 Å². The molecule has 0 saturated heterocycles. The van der Waals surface area contributed by atoms with E-state index < -0.39 is 0 Å². The summed E-state index contributed by atoms with van der Waals surface area (Å²) in [5.41, 5.74) is 2.44. The van der Waals surface area contributed by atoms with Crippen molar-refractivity contribution in [2.24, 2.45) is 0 Å². The van der Waals surface area contributed by atoms with Gasteiger partial charge in [0, 0.05) is 6.20 Å². The Morgan fingerprint density at radius 2 is 2.24 bits per heavy atom. The average molecular weight is 407 g/mol. The first kappa shape index (κ1) is 17.6. The third kappa shape index (κ3) is 3.40. The van der Waals surface area contributed by atoms with Crippen molar-refractivity contribution < 1.29 is 14.1 Å². The van der Waals surface area contributed by atoms with Gasteiger partial charge in [-0.15, -0.1) is 11.3 Å². The molecule has 0 saturated carbocycles. The molecule has 4 heterocycles. The van der Waals surface area contributed by atoms with Crippen molar-refractivity contribution in [1.29, 1.82) is 0 Å². The summed E-state index contributed by atoms with van der Waals surface area (Å²) in [5.74, 6) is 1.55. The Labute approximate surface area is 170 Å². The van der Waals surface area contributed by atoms with Gasteiger partial charge in [0.2, 0.25) is 11.7 Å². The molecule has 0 N–H and O–H groups in total. The molecule has 0 unspecified atom stereocenters. The quantitative estimate of drug-likeness (QED) is 0.515. The number of nitrogens with zero attached hydrogens (tertiary/aromatic N) is 5. The second-order valence-electron chi connectivity index (χ2n) is 6.70. The molecule has 5 rings (SSSR count). The zero-order valence-corrected chi connectivity index (χ0v) is 16.4. The first-order chi connectivity index (χ1) is 14.2. The van der Waals surface area contributed by atoms with Gasteiger partial charge in [0.25, 0.3) is 5.89 Å². The third-order valence-corrected chi connectivity index (χ3v) is 5.47. The van der Waals surface area contributed by atoms with Gasteiger partial charge in [-0.3, -0.25) is 4.79 Å². The van der Waals surface area contributed by atoms with Crippen molar-refractivity contribution in [3.63, 3.8) is 0 Å². The number of ether oxygens (including phenoxy) is 1. The first-order valence-corrected chi connectivity index (χ1v) is 9.99. The standard InChI is InChI=1S/C20H17N5O3S/c1-13-4-5-16-15(9-13)25(6-7-27-16)18(26)11-24-10-14(21-12-24)19-22-20(28-23-19)17-3-2-8-29-17/h2-5,8-10,12H,6-7,11H2,1H3. The van der Waals surface area contributed by atoms with E-state index in [1.807, 2.05) is 42.6 Å². The largest absolute Gasteiger partial charge is 0.490 e. The predicted octanol–water partition coefficient (Wildman–Crippen LogP) is 3.40. The topological polar surface area (TPSA) is 86.3 Å². The molecule has 0 spiro atoms. The van der Waals surface area contributed by atoms with Crippen LogP contribution in [0, 0.1) is 6.92 Å². The number of anilines is 1. The summed E-state index contributed by atoms with van der Waals surface area (Å²) < 4.78 is 12.7. The van der Waals surface area contributed by atoms with E-state index in [0.29, 0.717) is 30.6 Å². The molecular formula is C20H17N5O3S. The summed E-state index contributed by atoms with van der Waals surface area (Å²) in [7, 11) is 0. The van der Waals surface area contributed by atoms with Crippen molar-refractivity contribution in [3.05, 3.63) is 53.8 Å². The van der Waals surface area contributed by atoms with E-state index in [2.05, 4.69) is 15.1 Å². The smallest absolute Gasteiger partial charge is 0.268 e. The molecule has 9 heteroatoms. The zero-order chi connectivity index (χ0) is 19.8. The average Bonchev–Trinajstić information content (AvgIpc) is 3.47. The van der Waals surface area contributed by atoms with Crippen molar-refractivity contribution >= 4 is 22.9 Å². The van der Waals surface area contributed by atoms with E-state index in [0.717, 1.165) is 21.9 Å². The predicted molar refractivity (Wildman–Crippen MR) is 108 cm³/mol. The van der Waals surface area contributed by atoms with E-state index in [-0.39, 0.29) is 12.5 Å². The zero-order valence-electron chi connectivity index (χ0n) is 15.6. The fourth-order valence-corrected chi connectivity index (χ4v) is 3.86. The minimum Gasteiger partial charge on any atom is -0.490 e. The molecule has 0 bridgehead atoms. The molecular weight excluding hydrogens is 390 g/mol. The van der Waals surface area contributed by atoms with E-state index >= 15 is 0 Å². The van der Waals surface area contributed by atoms with Crippen LogP contribution in [-0.4, -0.2) is 38.8 Å². The molecule has 1 aromatic carbocycles. The maximum Gasteiger partial charge on any atom is 0.268 e. The molecule has 29 heavy (non-hydrogen) atoms. The Morgan fingerprint density at radius 1 is 1.31 bits per heavy atom. The molecule has 0 radical (unpaired) electrons. The monoisotopic (exact) mass is 407 g/mol. The Hall–Kier alpha value is -3.46. The lowest BCUT2D eigenvalue weighted by molar-refractivity contribution is -0.119. The van der Waals surface area contributed by atoms with Gasteiger partial charge in [0.15, 0.2) is 0 Å². The molecule has 1 aliphatic rings. The van der Waals surface area contributed by atoms with Crippen LogP contribution in [0.4, 0.5) is 5.69 Å². The number of carbonyl (C=O) groups is 1. The third-order valence-electron chi connectivity index (χ3n) is 4.62. The van der Waals surface area contributed by atoms with Gasteiger partial charge in [0.1, 0.15) is 24.6 Å². The minimum atomic E-state index is -0.0310. The summed E-state index contributed by atoms with van der Waals surface area (Å²) in [6.07, 6.45) is 3.35. The second kappa shape index (κ2) is 7.17. The molecule has 3 aromatic heterocycles. The highest BCUT2D eigenvalue weighted by molar-refractivity contribution is 7.13. The number of hydrogen-bond donors (Lipinski definition) is 0. The number of carbonyl (C=O) groups excluding carboxylic acids is 1. The van der Waals surface area contributed by atoms with Crippen LogP contribution in [0.1, 0.15) is 5.56 Å². The number of imidazole rings is 1. The number of hydrogen-bond acceptors (Lipinski definition) is 7. The number of thiophene rings is 1. The summed E-state index contributed by atoms with van der Waals surface area (Å²) in [6, 6.07) is 9.69. The second-order valence-corrected chi connectivity index (χ2v) is 7.64. The number of rotatable bonds is 4. The van der Waals surface area contributed by atoms with Gasteiger partial charge in [0.05, 0.1) is 23.4 Å². The van der Waals surface area contributed by atoms with Gasteiger partial charge in [-0.1, -0.05) is 17.3 Å². The molecule has 1 aliphatic heterocycles. The van der Waals surface area contributed by atoms with Crippen LogP contribution in [0.2, 0.25) is 0 Å². The lowest BCUT2D eigenvalue weighted by atomic mass is 10.1. The van der Waals surface area contributed by atoms with E-state index in [9.17, 15) is 4.79 Å². The number of fused-ring (bicyclic) bond motifs is 1. The number of aromatic nitrogens is 4. The Morgan fingerprint density at radius 3 is 3.10 bits per heavy atom. The number of amides is 1. The maximum absolute atomic E-state index is 12.9. The van der Waals surface area contributed by atoms with Gasteiger partial charge >= 0.3 is 0 Å². The van der Waals surface area contributed by atoms with Gasteiger partial charge in [-0.05, 0) is 36.1 Å². The normalized spacial score (nSPS) is 13.2. The van der Waals surface area contributed by atoms with Crippen molar-refractivity contribution in [3.8, 4) is 28.0 Å². The molecule has 0 atom stereocenters. The van der Waals surface area contributed by atoms with Crippen LogP contribution in [0.15, 0.2) is 52.8 Å². The van der Waals surface area contributed by atoms with Crippen LogP contribution in [-0.2, 0) is 11.3 Å². The Bertz CT molecular complexity index is 1160. The van der Waals surface area contributed by atoms with Gasteiger partial charge in [-0.2, -0.15) is 4.98 Å². The van der Waals surface area contributed by atoms with Crippen molar-refractivity contribution in [2.45, 2.75) is 13.5 Å². The summed E-state index contributed by atoms with van der Waals surface area (Å²) >= 11 is 1.53. The number of benzene rings is 1. The minimum absolute atomic E-state index is 0.0310. The molecule has 0 fully saturated rings. The highest BCUT2D eigenvalue weighted by Gasteiger charge is 2.24. The fourth-order valence-electron chi connectivity index (χ4n) is 3.22. The molecule has 1 amide bonds. The first-order valence-electron chi connectivity index (χ1n) is 9.11. The van der Waals surface area contributed by atoms with E-state index in [1.54, 1.807) is 22.0 Å². The number of aryl methyl sites for hydroxylation is 1. The van der Waals surface area contributed by atoms with Crippen LogP contribution >= 0.6 is 11.3 Å². The van der Waals surface area contributed by atoms with Crippen molar-refractivity contribution in [1.82, 2.24) is 19.7 Å². The summed E-state index contributed by atoms with van der Waals surface area (Å²) in [6.45, 7) is 3.16. The van der Waals surface area contributed by atoms with Crippen LogP contribution in [0.25, 0.3) is 22.3 Å². The van der Waals surface area contributed by atoms with E-state index in [4.69, 9.17) is 9.26 Å². The summed E-state index contributed by atoms with van der Waals surface area (Å²) in [4.78, 5) is 24.3. The molecule has 0 aliphatic carbocycles. The van der Waals surface area contributed by atoms with Crippen molar-refractivity contribution in [2.75, 3.05) is 18.1 Å². The molecule has 146 valence electrons. The summed E-state index contributed by atoms with van der Waals surface area (Å²) in [5, 5.41) is 5.95. The maximum atomic E-state index is 12.9. The van der Waals surface area contributed by atoms with Gasteiger partial charge < -0.3 is 18.7 Å². The van der Waals surface area contributed by atoms with Crippen LogP contribution in [0.5, 0.6) is 5.75 Å². The Kier molecular flexibility index (Phi) is 4.36.